The Morgan fingerprint density at radius 3 is 2.69 bits per heavy atom. The summed E-state index contributed by atoms with van der Waals surface area (Å²) < 4.78 is 2.27. The van der Waals surface area contributed by atoms with Gasteiger partial charge in [-0.15, -0.1) is 0 Å². The topological polar surface area (TPSA) is 67.2 Å². The molecule has 0 spiro atoms. The van der Waals surface area contributed by atoms with Crippen LogP contribution in [-0.2, 0) is 4.79 Å². The highest BCUT2D eigenvalue weighted by Crippen LogP contribution is 2.62. The molecule has 0 radical (unpaired) electrons. The lowest BCUT2D eigenvalue weighted by Crippen LogP contribution is -2.62. The Morgan fingerprint density at radius 1 is 1.11 bits per heavy atom. The number of nitrogens with zero attached hydrogens (tertiary/aromatic N) is 2. The molecule has 186 valence electrons. The largest absolute Gasteiger partial charge is 0.392 e. The molecule has 4 unspecified atom stereocenters. The second kappa shape index (κ2) is 8.47. The van der Waals surface area contributed by atoms with E-state index in [0.29, 0.717) is 35.6 Å². The van der Waals surface area contributed by atoms with E-state index in [-0.39, 0.29) is 17.6 Å². The maximum absolute atomic E-state index is 13.0. The summed E-state index contributed by atoms with van der Waals surface area (Å²) >= 11 is 0. The number of benzene rings is 1. The van der Waals surface area contributed by atoms with Crippen LogP contribution in [0.3, 0.4) is 0 Å². The molecule has 2 heterocycles. The first kappa shape index (κ1) is 22.1. The minimum Gasteiger partial charge on any atom is -0.392 e. The zero-order valence-electron chi connectivity index (χ0n) is 20.7. The summed E-state index contributed by atoms with van der Waals surface area (Å²) in [7, 11) is 0. The first-order valence-corrected chi connectivity index (χ1v) is 14.2. The van der Waals surface area contributed by atoms with E-state index < -0.39 is 0 Å². The number of nitrogens with one attached hydrogen (secondary N) is 1. The van der Waals surface area contributed by atoms with Crippen LogP contribution in [0.1, 0.15) is 88.7 Å². The van der Waals surface area contributed by atoms with Gasteiger partial charge in [0.1, 0.15) is 0 Å². The number of imidazole rings is 1. The molecule has 1 aliphatic heterocycles. The minimum atomic E-state index is -0.319. The van der Waals surface area contributed by atoms with Crippen molar-refractivity contribution in [2.45, 2.75) is 95.2 Å². The first-order valence-electron chi connectivity index (χ1n) is 14.2. The van der Waals surface area contributed by atoms with Gasteiger partial charge in [0.25, 0.3) is 0 Å². The molecule has 5 aliphatic carbocycles. The number of carbonyl (C=O) groups is 1. The Kier molecular flexibility index (Phi) is 5.34. The number of fused-ring (bicyclic) bond motifs is 3. The zero-order valence-corrected chi connectivity index (χ0v) is 20.7. The molecule has 6 aliphatic rings. The van der Waals surface area contributed by atoms with Gasteiger partial charge in [0, 0.05) is 18.0 Å². The molecule has 35 heavy (non-hydrogen) atoms. The van der Waals surface area contributed by atoms with Gasteiger partial charge >= 0.3 is 0 Å². The summed E-state index contributed by atoms with van der Waals surface area (Å²) in [6, 6.07) is 9.10. The van der Waals surface area contributed by atoms with Crippen molar-refractivity contribution in [2.75, 3.05) is 0 Å². The van der Waals surface area contributed by atoms with Gasteiger partial charge in [-0.1, -0.05) is 43.5 Å². The number of amides is 1. The van der Waals surface area contributed by atoms with Crippen LogP contribution in [0.25, 0.3) is 11.3 Å². The lowest BCUT2D eigenvalue weighted by Gasteiger charge is -2.61. The van der Waals surface area contributed by atoms with Crippen molar-refractivity contribution >= 4 is 5.91 Å². The van der Waals surface area contributed by atoms with E-state index in [1.165, 1.54) is 61.8 Å². The lowest BCUT2D eigenvalue weighted by atomic mass is 9.46. The fraction of sp³-hybridized carbons (Fsp3) is 0.667. The monoisotopic (exact) mass is 473 g/mol. The number of hydrogen-bond acceptors (Lipinski definition) is 3. The second-order valence-corrected chi connectivity index (χ2v) is 12.7. The highest BCUT2D eigenvalue weighted by molar-refractivity contribution is 5.76. The van der Waals surface area contributed by atoms with Crippen molar-refractivity contribution in [2.24, 2.45) is 29.1 Å². The van der Waals surface area contributed by atoms with Gasteiger partial charge < -0.3 is 15.0 Å². The van der Waals surface area contributed by atoms with E-state index in [9.17, 15) is 9.90 Å². The van der Waals surface area contributed by atoms with Crippen LogP contribution in [0.2, 0.25) is 0 Å². The molecule has 4 bridgehead atoms. The van der Waals surface area contributed by atoms with Crippen LogP contribution in [0, 0.1) is 29.1 Å². The Balaban J connectivity index is 1.06. The van der Waals surface area contributed by atoms with Crippen molar-refractivity contribution in [1.29, 1.82) is 0 Å². The summed E-state index contributed by atoms with van der Waals surface area (Å²) in [5.41, 5.74) is 3.76. The first-order chi connectivity index (χ1) is 17.1. The summed E-state index contributed by atoms with van der Waals surface area (Å²) in [6.45, 7) is 0. The summed E-state index contributed by atoms with van der Waals surface area (Å²) in [5.74, 6) is 2.67. The molecule has 1 aromatic carbocycles. The van der Waals surface area contributed by atoms with E-state index in [1.54, 1.807) is 0 Å². The number of aliphatic hydroxyl groups excluding tert-OH is 1. The van der Waals surface area contributed by atoms with Crippen LogP contribution in [0.5, 0.6) is 0 Å². The molecular weight excluding hydrogens is 434 g/mol. The van der Waals surface area contributed by atoms with Gasteiger partial charge in [0.2, 0.25) is 5.91 Å². The minimum absolute atomic E-state index is 0.0133. The molecule has 5 saturated carbocycles. The van der Waals surface area contributed by atoms with Gasteiger partial charge in [-0.05, 0) is 86.0 Å². The van der Waals surface area contributed by atoms with Crippen LogP contribution < -0.4 is 5.32 Å². The maximum Gasteiger partial charge on any atom is 0.220 e. The standard InChI is InChI=1S/C30H39N3O2/c34-27(13-25-23-8-4-5-9-24(23)26-17-31-18-33(25)26)30-14-20-10-21(15-30)29(22(11-20)16-30)32-28(35)12-19-6-2-1-3-7-19/h4-5,8-9,17-22,25,27,29,34H,1-3,6-7,10-16H2,(H,32,35). The summed E-state index contributed by atoms with van der Waals surface area (Å²) in [5, 5.41) is 15.4. The van der Waals surface area contributed by atoms with E-state index in [1.807, 2.05) is 12.5 Å². The second-order valence-electron chi connectivity index (χ2n) is 12.7. The molecular formula is C30H39N3O2. The Bertz CT molecular complexity index is 1090. The smallest absolute Gasteiger partial charge is 0.220 e. The molecule has 1 aromatic heterocycles. The van der Waals surface area contributed by atoms with Crippen LogP contribution >= 0.6 is 0 Å². The number of aliphatic hydroxyl groups is 1. The lowest BCUT2D eigenvalue weighted by molar-refractivity contribution is -0.145. The van der Waals surface area contributed by atoms with Crippen molar-refractivity contribution in [3.63, 3.8) is 0 Å². The predicted octanol–water partition coefficient (Wildman–Crippen LogP) is 5.49. The van der Waals surface area contributed by atoms with Crippen LogP contribution in [0.15, 0.2) is 36.8 Å². The quantitative estimate of drug-likeness (QED) is 0.583. The van der Waals surface area contributed by atoms with Crippen molar-refractivity contribution in [3.05, 3.63) is 42.4 Å². The molecule has 5 fully saturated rings. The van der Waals surface area contributed by atoms with E-state index in [2.05, 4.69) is 39.1 Å². The fourth-order valence-electron chi connectivity index (χ4n) is 9.26. The van der Waals surface area contributed by atoms with Crippen molar-refractivity contribution in [1.82, 2.24) is 14.9 Å². The van der Waals surface area contributed by atoms with E-state index in [0.717, 1.165) is 32.1 Å². The maximum atomic E-state index is 13.0. The third-order valence-corrected chi connectivity index (χ3v) is 10.6. The van der Waals surface area contributed by atoms with Crippen LogP contribution in [0.4, 0.5) is 0 Å². The predicted molar refractivity (Wildman–Crippen MR) is 136 cm³/mol. The Labute approximate surface area is 208 Å². The third-order valence-electron chi connectivity index (χ3n) is 10.6. The number of hydrogen-bond donors (Lipinski definition) is 2. The van der Waals surface area contributed by atoms with Gasteiger partial charge in [0.05, 0.1) is 30.4 Å². The highest BCUT2D eigenvalue weighted by atomic mass is 16.3. The van der Waals surface area contributed by atoms with Gasteiger partial charge in [-0.25, -0.2) is 4.98 Å². The van der Waals surface area contributed by atoms with E-state index in [4.69, 9.17) is 0 Å². The molecule has 4 atom stereocenters. The van der Waals surface area contributed by atoms with Crippen molar-refractivity contribution < 1.29 is 9.90 Å². The molecule has 8 rings (SSSR count). The third kappa shape index (κ3) is 3.68. The molecule has 2 N–H and O–H groups in total. The van der Waals surface area contributed by atoms with Gasteiger partial charge in [-0.3, -0.25) is 4.79 Å². The summed E-state index contributed by atoms with van der Waals surface area (Å²) in [6.07, 6.45) is 17.2. The molecule has 1 amide bonds. The zero-order chi connectivity index (χ0) is 23.6. The van der Waals surface area contributed by atoms with Gasteiger partial charge in [0.15, 0.2) is 0 Å². The Morgan fingerprint density at radius 2 is 1.89 bits per heavy atom. The molecule has 5 nitrogen and oxygen atoms in total. The number of rotatable bonds is 6. The van der Waals surface area contributed by atoms with E-state index >= 15 is 0 Å². The van der Waals surface area contributed by atoms with Gasteiger partial charge in [-0.2, -0.15) is 0 Å². The number of carbonyl (C=O) groups excluding carboxylic acids is 1. The normalized spacial score (nSPS) is 36.1. The molecule has 0 saturated heterocycles. The average Bonchev–Trinajstić information content (AvgIpc) is 3.44. The molecule has 5 heteroatoms. The SMILES string of the molecule is O=C(CC1CCCCC1)NC1C2CC3CC1CC(C(O)CC1c4ccccc4-c4cncn41)(C3)C2. The summed E-state index contributed by atoms with van der Waals surface area (Å²) in [4.78, 5) is 17.4. The highest BCUT2D eigenvalue weighted by Gasteiger charge is 2.58. The number of aromatic nitrogens is 2. The van der Waals surface area contributed by atoms with Crippen LogP contribution in [-0.4, -0.2) is 32.7 Å². The Hall–Kier alpha value is -2.14. The van der Waals surface area contributed by atoms with Crippen molar-refractivity contribution in [3.8, 4) is 11.3 Å². The fourth-order valence-corrected chi connectivity index (χ4v) is 9.26. The molecule has 2 aromatic rings. The average molecular weight is 474 g/mol.